The molecule has 0 aliphatic rings. The Morgan fingerprint density at radius 2 is 0.682 bits per heavy atom. The number of benzene rings is 6. The molecule has 9 rings (SSSR count). The third-order valence-electron chi connectivity index (χ3n) is 11.9. The van der Waals surface area contributed by atoms with Gasteiger partial charge in [-0.05, 0) is 117 Å². The zero-order valence-electron chi connectivity index (χ0n) is 45.6. The summed E-state index contributed by atoms with van der Waals surface area (Å²) in [6.07, 6.45) is -11.8. The van der Waals surface area contributed by atoms with E-state index in [-0.39, 0.29) is 57.1 Å². The van der Waals surface area contributed by atoms with Gasteiger partial charge < -0.3 is 0 Å². The first-order valence-electron chi connectivity index (χ1n) is 25.3. The molecule has 0 aliphatic heterocycles. The molecule has 0 amide bonds. The van der Waals surface area contributed by atoms with Gasteiger partial charge in [-0.15, -0.1) is 0 Å². The van der Waals surface area contributed by atoms with Gasteiger partial charge in [0.15, 0.2) is 17.1 Å². The van der Waals surface area contributed by atoms with Crippen molar-refractivity contribution in [2.75, 3.05) is 6.54 Å². The number of primary sulfonamides is 2. The molecule has 0 bridgehead atoms. The minimum atomic E-state index is -4.61. The third kappa shape index (κ3) is 17.6. The Morgan fingerprint density at radius 1 is 0.424 bits per heavy atom. The molecule has 15 nitrogen and oxygen atoms in total. The van der Waals surface area contributed by atoms with Gasteiger partial charge in [0.2, 0.25) is 30.1 Å². The standard InChI is InChI=1S/C19H18F3N3O2S.C18H16F3N3O2S.C17H14F3N3O2S.C3H8.CH4/c1-3-23-28(26,27)16-10-8-15(9-11-16)25-17(12-18(24-25)19(20,21)22)14-6-4-13(2)5-7-14;1-2-12-3-5-13(6-4-12)16-11-17(18(19,20)21)23-24(16)14-7-9-15(10-8-14)27(22,25)26;1-11-2-4-12(5-3-11)15-10-16(17(18,19)20)22-23(15)13-6-8-14(9-7-13)26(21,24)25;1-3-2;/h4-12,23H,3H2,1-2H3;3-11H,2H2,1H3,(H2,22,25,26);2-10H,1H3,(H2,21,24,25);3H2,1-2H3;1H4. The second kappa shape index (κ2) is 27.4. The summed E-state index contributed by atoms with van der Waals surface area (Å²) in [5.74, 6) is 0. The highest BCUT2D eigenvalue weighted by Gasteiger charge is 2.37. The van der Waals surface area contributed by atoms with E-state index >= 15 is 0 Å². The molecule has 454 valence electrons. The fourth-order valence-electron chi connectivity index (χ4n) is 7.72. The van der Waals surface area contributed by atoms with Crippen LogP contribution in [0.25, 0.3) is 50.8 Å². The van der Waals surface area contributed by atoms with Crippen LogP contribution in [-0.2, 0) is 55.0 Å². The van der Waals surface area contributed by atoms with E-state index in [4.69, 9.17) is 10.3 Å². The van der Waals surface area contributed by atoms with Gasteiger partial charge in [-0.3, -0.25) is 0 Å². The summed E-state index contributed by atoms with van der Waals surface area (Å²) < 4.78 is 194. The van der Waals surface area contributed by atoms with E-state index in [1.54, 1.807) is 67.6 Å². The number of hydrogen-bond donors (Lipinski definition) is 3. The number of aromatic nitrogens is 6. The molecule has 0 saturated heterocycles. The number of aryl methyl sites for hydroxylation is 3. The molecule has 9 aromatic rings. The Hall–Kier alpha value is -7.95. The number of sulfonamides is 3. The number of rotatable bonds is 12. The normalized spacial score (nSPS) is 12.0. The van der Waals surface area contributed by atoms with Crippen molar-refractivity contribution in [3.63, 3.8) is 0 Å². The number of halogens is 9. The molecule has 0 spiro atoms. The average molecular weight is 1250 g/mol. The quantitative estimate of drug-likeness (QED) is 0.0989. The highest BCUT2D eigenvalue weighted by atomic mass is 32.2. The maximum Gasteiger partial charge on any atom is 0.435 e. The van der Waals surface area contributed by atoms with E-state index in [0.29, 0.717) is 22.4 Å². The van der Waals surface area contributed by atoms with Crippen LogP contribution in [0, 0.1) is 13.8 Å². The van der Waals surface area contributed by atoms with Crippen LogP contribution in [0.15, 0.2) is 178 Å². The third-order valence-corrected chi connectivity index (χ3v) is 15.3. The van der Waals surface area contributed by atoms with Crippen molar-refractivity contribution in [1.29, 1.82) is 0 Å². The zero-order valence-corrected chi connectivity index (χ0v) is 48.1. The van der Waals surface area contributed by atoms with Crippen LogP contribution in [0.2, 0.25) is 0 Å². The number of hydrogen-bond acceptors (Lipinski definition) is 9. The number of alkyl halides is 9. The molecule has 3 heterocycles. The molecule has 6 aromatic carbocycles. The van der Waals surface area contributed by atoms with Gasteiger partial charge in [-0.2, -0.15) is 54.8 Å². The van der Waals surface area contributed by atoms with Crippen molar-refractivity contribution in [2.45, 2.75) is 95.0 Å². The fourth-order valence-corrected chi connectivity index (χ4v) is 9.79. The van der Waals surface area contributed by atoms with Gasteiger partial charge in [0.05, 0.1) is 48.8 Å². The van der Waals surface area contributed by atoms with Gasteiger partial charge in [0.25, 0.3) is 0 Å². The van der Waals surface area contributed by atoms with Crippen LogP contribution in [0.4, 0.5) is 39.5 Å². The summed E-state index contributed by atoms with van der Waals surface area (Å²) in [7, 11) is -11.5. The summed E-state index contributed by atoms with van der Waals surface area (Å²) in [4.78, 5) is -0.247. The lowest BCUT2D eigenvalue weighted by Gasteiger charge is -2.10. The van der Waals surface area contributed by atoms with E-state index in [1.165, 1.54) is 79.2 Å². The summed E-state index contributed by atoms with van der Waals surface area (Å²) in [6, 6.07) is 39.8. The first-order chi connectivity index (χ1) is 39.2. The predicted octanol–water partition coefficient (Wildman–Crippen LogP) is 13.5. The van der Waals surface area contributed by atoms with E-state index < -0.39 is 65.7 Å². The van der Waals surface area contributed by atoms with E-state index in [2.05, 4.69) is 33.9 Å². The second-order valence-corrected chi connectivity index (χ2v) is 23.4. The maximum atomic E-state index is 13.2. The lowest BCUT2D eigenvalue weighted by molar-refractivity contribution is -0.142. The summed E-state index contributed by atoms with van der Waals surface area (Å²) in [5.41, 5.74) is 3.21. The van der Waals surface area contributed by atoms with Crippen molar-refractivity contribution >= 4 is 30.1 Å². The van der Waals surface area contributed by atoms with Gasteiger partial charge in [0.1, 0.15) is 0 Å². The van der Waals surface area contributed by atoms with Gasteiger partial charge in [0, 0.05) is 23.2 Å². The Balaban J connectivity index is 0.000000226. The monoisotopic (exact) mass is 1250 g/mol. The first-order valence-corrected chi connectivity index (χ1v) is 29.9. The maximum absolute atomic E-state index is 13.2. The molecule has 3 aromatic heterocycles. The van der Waals surface area contributed by atoms with Crippen LogP contribution in [0.3, 0.4) is 0 Å². The molecule has 85 heavy (non-hydrogen) atoms. The molecule has 0 atom stereocenters. The van der Waals surface area contributed by atoms with Crippen LogP contribution in [0.1, 0.15) is 75.3 Å². The summed E-state index contributed by atoms with van der Waals surface area (Å²) >= 11 is 0. The molecule has 0 unspecified atom stereocenters. The minimum Gasteiger partial charge on any atom is -0.233 e. The molecular formula is C58H60F9N9O6S3. The van der Waals surface area contributed by atoms with Crippen LogP contribution in [-0.4, -0.2) is 61.1 Å². The van der Waals surface area contributed by atoms with Gasteiger partial charge in [-0.25, -0.2) is 54.3 Å². The van der Waals surface area contributed by atoms with Gasteiger partial charge >= 0.3 is 18.5 Å². The molecule has 0 aliphatic carbocycles. The highest BCUT2D eigenvalue weighted by Crippen LogP contribution is 2.37. The zero-order chi connectivity index (χ0) is 62.2. The van der Waals surface area contributed by atoms with Crippen molar-refractivity contribution in [1.82, 2.24) is 34.1 Å². The Morgan fingerprint density at radius 3 is 0.918 bits per heavy atom. The van der Waals surface area contributed by atoms with Crippen molar-refractivity contribution in [3.8, 4) is 50.8 Å². The summed E-state index contributed by atoms with van der Waals surface area (Å²) in [5, 5.41) is 21.1. The lowest BCUT2D eigenvalue weighted by atomic mass is 10.1. The van der Waals surface area contributed by atoms with Gasteiger partial charge in [-0.1, -0.05) is 125 Å². The molecule has 0 radical (unpaired) electrons. The topological polar surface area (TPSA) is 220 Å². The second-order valence-electron chi connectivity index (χ2n) is 18.5. The average Bonchev–Trinajstić information content (AvgIpc) is 4.04. The molecule has 27 heteroatoms. The number of nitrogens with zero attached hydrogens (tertiary/aromatic N) is 6. The van der Waals surface area contributed by atoms with Crippen molar-refractivity contribution in [3.05, 3.63) is 198 Å². The minimum absolute atomic E-state index is 0. The van der Waals surface area contributed by atoms with Crippen LogP contribution < -0.4 is 15.0 Å². The summed E-state index contributed by atoms with van der Waals surface area (Å²) in [6.45, 7) is 11.9. The van der Waals surface area contributed by atoms with E-state index in [1.807, 2.05) is 32.9 Å². The van der Waals surface area contributed by atoms with E-state index in [0.717, 1.165) is 55.4 Å². The largest absolute Gasteiger partial charge is 0.435 e. The smallest absolute Gasteiger partial charge is 0.233 e. The van der Waals surface area contributed by atoms with Crippen molar-refractivity contribution < 1.29 is 64.8 Å². The molecular weight excluding hydrogens is 1190 g/mol. The first kappa shape index (κ1) is 67.8. The van der Waals surface area contributed by atoms with Crippen LogP contribution >= 0.6 is 0 Å². The number of nitrogens with two attached hydrogens (primary N) is 2. The Labute approximate surface area is 486 Å². The Kier molecular flexibility index (Phi) is 21.9. The van der Waals surface area contributed by atoms with E-state index in [9.17, 15) is 64.8 Å². The number of nitrogens with one attached hydrogen (secondary N) is 1. The molecule has 0 saturated carbocycles. The molecule has 5 N–H and O–H groups in total. The predicted molar refractivity (Wildman–Crippen MR) is 307 cm³/mol. The van der Waals surface area contributed by atoms with Crippen LogP contribution in [0.5, 0.6) is 0 Å². The SMILES string of the molecule is C.CCC.CCNS(=O)(=O)c1ccc(-n2nc(C(F)(F)F)cc2-c2ccc(C)cc2)cc1.CCc1ccc(-c2cc(C(F)(F)F)nn2-c2ccc(S(N)(=O)=O)cc2)cc1.Cc1ccc(-c2cc(C(F)(F)F)nn2-c2ccc(S(N)(=O)=O)cc2)cc1. The lowest BCUT2D eigenvalue weighted by Crippen LogP contribution is -2.23. The highest BCUT2D eigenvalue weighted by molar-refractivity contribution is 7.89. The van der Waals surface area contributed by atoms with Crippen molar-refractivity contribution in [2.24, 2.45) is 10.3 Å². The Bertz CT molecular complexity index is 4020. The fraction of sp³-hybridized carbons (Fsp3) is 0.224. The molecule has 0 fully saturated rings.